The molecule has 25 heavy (non-hydrogen) atoms. The van der Waals surface area contributed by atoms with Gasteiger partial charge in [0, 0.05) is 43.5 Å². The molecule has 0 atom stereocenters. The Morgan fingerprint density at radius 3 is 2.64 bits per heavy atom. The fourth-order valence-corrected chi connectivity index (χ4v) is 3.42. The van der Waals surface area contributed by atoms with E-state index < -0.39 is 0 Å². The highest BCUT2D eigenvalue weighted by Crippen LogP contribution is 2.22. The molecule has 0 spiro atoms. The minimum atomic E-state index is 0.0727. The molecule has 5 nitrogen and oxygen atoms in total. The van der Waals surface area contributed by atoms with Crippen molar-refractivity contribution < 1.29 is 9.47 Å². The highest BCUT2D eigenvalue weighted by Gasteiger charge is 2.11. The van der Waals surface area contributed by atoms with Crippen molar-refractivity contribution in [2.75, 3.05) is 39.5 Å². The molecule has 1 aliphatic heterocycles. The first-order chi connectivity index (χ1) is 12.2. The topological polar surface area (TPSA) is 43.7 Å². The number of aryl methyl sites for hydroxylation is 1. The Kier molecular flexibility index (Phi) is 4.42. The molecule has 0 bridgehead atoms. The van der Waals surface area contributed by atoms with E-state index in [2.05, 4.69) is 9.47 Å². The van der Waals surface area contributed by atoms with Crippen LogP contribution in [0.2, 0.25) is 0 Å². The smallest absolute Gasteiger partial charge is 0.197 e. The lowest BCUT2D eigenvalue weighted by Crippen LogP contribution is -2.38. The number of morpholine rings is 1. The van der Waals surface area contributed by atoms with E-state index in [9.17, 15) is 4.79 Å². The van der Waals surface area contributed by atoms with Crippen LogP contribution in [-0.2, 0) is 11.8 Å². The summed E-state index contributed by atoms with van der Waals surface area (Å²) in [4.78, 5) is 15.0. The maximum atomic E-state index is 12.7. The first-order valence-corrected chi connectivity index (χ1v) is 8.68. The molecule has 2 aromatic carbocycles. The maximum absolute atomic E-state index is 12.7. The number of nitrogens with zero attached hydrogens (tertiary/aromatic N) is 2. The SMILES string of the molecule is Cn1c2ccccc2c(=O)c2ccc(OCCN3CCOCC3)cc21. The summed E-state index contributed by atoms with van der Waals surface area (Å²) in [7, 11) is 1.99. The number of para-hydroxylation sites is 1. The summed E-state index contributed by atoms with van der Waals surface area (Å²) in [5.41, 5.74) is 1.90. The normalized spacial score (nSPS) is 15.7. The van der Waals surface area contributed by atoms with Gasteiger partial charge in [0.1, 0.15) is 12.4 Å². The van der Waals surface area contributed by atoms with E-state index >= 15 is 0 Å². The average molecular weight is 338 g/mol. The molecule has 4 rings (SSSR count). The van der Waals surface area contributed by atoms with Crippen molar-refractivity contribution in [2.45, 2.75) is 0 Å². The Labute approximate surface area is 146 Å². The van der Waals surface area contributed by atoms with Crippen molar-refractivity contribution in [1.29, 1.82) is 0 Å². The zero-order valence-corrected chi connectivity index (χ0v) is 14.4. The van der Waals surface area contributed by atoms with Crippen LogP contribution >= 0.6 is 0 Å². The molecule has 0 radical (unpaired) electrons. The molecule has 1 fully saturated rings. The van der Waals surface area contributed by atoms with Crippen LogP contribution in [0.25, 0.3) is 21.8 Å². The summed E-state index contributed by atoms with van der Waals surface area (Å²) in [6.45, 7) is 5.03. The van der Waals surface area contributed by atoms with Crippen molar-refractivity contribution in [3.8, 4) is 5.75 Å². The van der Waals surface area contributed by atoms with Gasteiger partial charge < -0.3 is 14.0 Å². The predicted molar refractivity (Wildman–Crippen MR) is 99.4 cm³/mol. The lowest BCUT2D eigenvalue weighted by atomic mass is 10.1. The number of hydrogen-bond acceptors (Lipinski definition) is 4. The van der Waals surface area contributed by atoms with Crippen molar-refractivity contribution in [3.05, 3.63) is 52.7 Å². The zero-order chi connectivity index (χ0) is 17.2. The van der Waals surface area contributed by atoms with Gasteiger partial charge in [0.25, 0.3) is 0 Å². The van der Waals surface area contributed by atoms with Gasteiger partial charge in [-0.25, -0.2) is 0 Å². The molecule has 1 saturated heterocycles. The molecule has 2 heterocycles. The molecule has 3 aromatic rings. The standard InChI is InChI=1S/C20H22N2O3/c1-21-18-5-3-2-4-16(18)20(23)17-7-6-15(14-19(17)21)25-13-10-22-8-11-24-12-9-22/h2-7,14H,8-13H2,1H3. The first kappa shape index (κ1) is 16.1. The third-order valence-electron chi connectivity index (χ3n) is 4.87. The first-order valence-electron chi connectivity index (χ1n) is 8.68. The molecule has 0 saturated carbocycles. The largest absolute Gasteiger partial charge is 0.492 e. The van der Waals surface area contributed by atoms with E-state index in [0.717, 1.165) is 60.4 Å². The summed E-state index contributed by atoms with van der Waals surface area (Å²) in [6, 6.07) is 13.4. The average Bonchev–Trinajstić information content (AvgIpc) is 2.67. The van der Waals surface area contributed by atoms with Gasteiger partial charge >= 0.3 is 0 Å². The van der Waals surface area contributed by atoms with E-state index in [1.807, 2.05) is 49.5 Å². The number of rotatable bonds is 4. The fourth-order valence-electron chi connectivity index (χ4n) is 3.42. The van der Waals surface area contributed by atoms with Gasteiger partial charge in [-0.3, -0.25) is 9.69 Å². The lowest BCUT2D eigenvalue weighted by molar-refractivity contribution is 0.0322. The third-order valence-corrected chi connectivity index (χ3v) is 4.87. The van der Waals surface area contributed by atoms with Gasteiger partial charge in [-0.05, 0) is 24.3 Å². The highest BCUT2D eigenvalue weighted by molar-refractivity contribution is 5.93. The lowest BCUT2D eigenvalue weighted by Gasteiger charge is -2.26. The number of benzene rings is 2. The Bertz CT molecular complexity index is 958. The highest BCUT2D eigenvalue weighted by atomic mass is 16.5. The van der Waals surface area contributed by atoms with Gasteiger partial charge in [-0.2, -0.15) is 0 Å². The van der Waals surface area contributed by atoms with Crippen LogP contribution in [0.15, 0.2) is 47.3 Å². The molecule has 0 N–H and O–H groups in total. The van der Waals surface area contributed by atoms with E-state index in [1.54, 1.807) is 0 Å². The molecule has 1 aliphatic rings. The summed E-state index contributed by atoms with van der Waals surface area (Å²) in [6.07, 6.45) is 0. The van der Waals surface area contributed by atoms with Crippen LogP contribution < -0.4 is 10.2 Å². The second kappa shape index (κ2) is 6.86. The number of fused-ring (bicyclic) bond motifs is 2. The Morgan fingerprint density at radius 2 is 1.80 bits per heavy atom. The molecule has 0 unspecified atom stereocenters. The van der Waals surface area contributed by atoms with E-state index in [0.29, 0.717) is 6.61 Å². The van der Waals surface area contributed by atoms with Crippen LogP contribution in [0.4, 0.5) is 0 Å². The Hall–Kier alpha value is -2.37. The van der Waals surface area contributed by atoms with Crippen molar-refractivity contribution in [3.63, 3.8) is 0 Å². The van der Waals surface area contributed by atoms with Crippen molar-refractivity contribution >= 4 is 21.8 Å². The van der Waals surface area contributed by atoms with Crippen LogP contribution in [0.5, 0.6) is 5.75 Å². The monoisotopic (exact) mass is 338 g/mol. The number of ether oxygens (including phenoxy) is 2. The second-order valence-electron chi connectivity index (χ2n) is 6.39. The molecular formula is C20H22N2O3. The molecule has 1 aromatic heterocycles. The third kappa shape index (κ3) is 3.13. The van der Waals surface area contributed by atoms with Gasteiger partial charge in [0.2, 0.25) is 0 Å². The van der Waals surface area contributed by atoms with Gasteiger partial charge in [0.05, 0.1) is 24.2 Å². The molecule has 0 amide bonds. The minimum Gasteiger partial charge on any atom is -0.492 e. The molecular weight excluding hydrogens is 316 g/mol. The van der Waals surface area contributed by atoms with E-state index in [1.165, 1.54) is 0 Å². The zero-order valence-electron chi connectivity index (χ0n) is 14.4. The predicted octanol–water partition coefficient (Wildman–Crippen LogP) is 2.40. The van der Waals surface area contributed by atoms with Crippen LogP contribution in [0.1, 0.15) is 0 Å². The van der Waals surface area contributed by atoms with E-state index in [4.69, 9.17) is 9.47 Å². The van der Waals surface area contributed by atoms with Gasteiger partial charge in [-0.15, -0.1) is 0 Å². The summed E-state index contributed by atoms with van der Waals surface area (Å²) >= 11 is 0. The number of pyridine rings is 1. The Balaban J connectivity index is 1.60. The minimum absolute atomic E-state index is 0.0727. The van der Waals surface area contributed by atoms with Crippen LogP contribution in [0, 0.1) is 0 Å². The van der Waals surface area contributed by atoms with Crippen molar-refractivity contribution in [1.82, 2.24) is 9.47 Å². The van der Waals surface area contributed by atoms with Gasteiger partial charge in [0.15, 0.2) is 5.43 Å². The molecule has 130 valence electrons. The Morgan fingerprint density at radius 1 is 1.04 bits per heavy atom. The van der Waals surface area contributed by atoms with Crippen LogP contribution in [0.3, 0.4) is 0 Å². The summed E-state index contributed by atoms with van der Waals surface area (Å²) in [5, 5.41) is 1.47. The van der Waals surface area contributed by atoms with E-state index in [-0.39, 0.29) is 5.43 Å². The molecule has 5 heteroatoms. The quantitative estimate of drug-likeness (QED) is 0.685. The second-order valence-corrected chi connectivity index (χ2v) is 6.39. The number of aromatic nitrogens is 1. The summed E-state index contributed by atoms with van der Waals surface area (Å²) in [5.74, 6) is 0.797. The van der Waals surface area contributed by atoms with Gasteiger partial charge in [-0.1, -0.05) is 12.1 Å². The van der Waals surface area contributed by atoms with Crippen LogP contribution in [-0.4, -0.2) is 48.9 Å². The fraction of sp³-hybridized carbons (Fsp3) is 0.350. The van der Waals surface area contributed by atoms with Crippen molar-refractivity contribution in [2.24, 2.45) is 7.05 Å². The number of hydrogen-bond donors (Lipinski definition) is 0. The summed E-state index contributed by atoms with van der Waals surface area (Å²) < 4.78 is 13.3. The maximum Gasteiger partial charge on any atom is 0.197 e. The molecule has 0 aliphatic carbocycles.